The summed E-state index contributed by atoms with van der Waals surface area (Å²) in [6.07, 6.45) is 1.74. The fraction of sp³-hybridized carbons (Fsp3) is 0.190. The number of rotatable bonds is 8. The highest BCUT2D eigenvalue weighted by molar-refractivity contribution is 7.12. The van der Waals surface area contributed by atoms with E-state index in [0.717, 1.165) is 34.6 Å². The maximum atomic E-state index is 12.4. The van der Waals surface area contributed by atoms with Gasteiger partial charge in [0.05, 0.1) is 11.5 Å². The van der Waals surface area contributed by atoms with Gasteiger partial charge >= 0.3 is 0 Å². The number of hydrogen-bond acceptors (Lipinski definition) is 3. The number of hydrogen-bond donors (Lipinski definition) is 1. The van der Waals surface area contributed by atoms with Crippen molar-refractivity contribution in [2.45, 2.75) is 12.8 Å². The highest BCUT2D eigenvalue weighted by Crippen LogP contribution is 2.28. The molecule has 0 saturated heterocycles. The lowest BCUT2D eigenvalue weighted by atomic mass is 10.1. The highest BCUT2D eigenvalue weighted by atomic mass is 35.5. The van der Waals surface area contributed by atoms with Crippen LogP contribution in [0.15, 0.2) is 66.0 Å². The molecule has 2 aromatic carbocycles. The number of halogens is 1. The van der Waals surface area contributed by atoms with Gasteiger partial charge in [0, 0.05) is 17.1 Å². The van der Waals surface area contributed by atoms with Crippen LogP contribution in [0.2, 0.25) is 5.02 Å². The molecule has 5 heteroatoms. The Balaban J connectivity index is 1.41. The third kappa shape index (κ3) is 5.10. The normalized spacial score (nSPS) is 10.5. The van der Waals surface area contributed by atoms with Crippen molar-refractivity contribution in [1.29, 1.82) is 0 Å². The molecule has 3 rings (SSSR count). The van der Waals surface area contributed by atoms with Crippen LogP contribution in [0, 0.1) is 0 Å². The second-order valence-corrected chi connectivity index (χ2v) is 7.15. The van der Waals surface area contributed by atoms with Gasteiger partial charge in [-0.3, -0.25) is 4.79 Å². The molecular formula is C21H20ClNO2S. The lowest BCUT2D eigenvalue weighted by molar-refractivity contribution is 0.0957. The minimum atomic E-state index is -0.0162. The van der Waals surface area contributed by atoms with Crippen molar-refractivity contribution in [3.63, 3.8) is 0 Å². The summed E-state index contributed by atoms with van der Waals surface area (Å²) in [7, 11) is 0. The molecule has 3 nitrogen and oxygen atoms in total. The number of ether oxygens (including phenoxy) is 1. The molecule has 134 valence electrons. The standard InChI is InChI=1S/C21H20ClNO2S/c22-17-8-10-18(11-9-17)25-14-5-4-13-23-21(24)20-19(12-15-26-20)16-6-2-1-3-7-16/h1-3,6-12,15H,4-5,13-14H2,(H,23,24). The van der Waals surface area contributed by atoms with Crippen LogP contribution in [-0.2, 0) is 0 Å². The molecule has 1 heterocycles. The molecule has 0 bridgehead atoms. The van der Waals surface area contributed by atoms with Crippen LogP contribution < -0.4 is 10.1 Å². The summed E-state index contributed by atoms with van der Waals surface area (Å²) < 4.78 is 5.65. The van der Waals surface area contributed by atoms with Crippen LogP contribution in [0.5, 0.6) is 5.75 Å². The van der Waals surface area contributed by atoms with E-state index in [9.17, 15) is 4.79 Å². The van der Waals surface area contributed by atoms with E-state index in [1.807, 2.05) is 66.0 Å². The summed E-state index contributed by atoms with van der Waals surface area (Å²) in [6.45, 7) is 1.25. The lowest BCUT2D eigenvalue weighted by Gasteiger charge is -2.08. The van der Waals surface area contributed by atoms with Crippen molar-refractivity contribution in [2.24, 2.45) is 0 Å². The average molecular weight is 386 g/mol. The smallest absolute Gasteiger partial charge is 0.261 e. The minimum absolute atomic E-state index is 0.0162. The van der Waals surface area contributed by atoms with Crippen LogP contribution >= 0.6 is 22.9 Å². The molecule has 0 unspecified atom stereocenters. The Kier molecular flexibility index (Phi) is 6.69. The van der Waals surface area contributed by atoms with Gasteiger partial charge in [0.25, 0.3) is 5.91 Å². The summed E-state index contributed by atoms with van der Waals surface area (Å²) in [5.41, 5.74) is 2.05. The Labute approximate surface area is 162 Å². The zero-order chi connectivity index (χ0) is 18.2. The fourth-order valence-electron chi connectivity index (χ4n) is 2.56. The Morgan fingerprint density at radius 3 is 2.54 bits per heavy atom. The first-order valence-corrected chi connectivity index (χ1v) is 9.79. The summed E-state index contributed by atoms with van der Waals surface area (Å²) in [6, 6.07) is 19.3. The maximum Gasteiger partial charge on any atom is 0.261 e. The monoisotopic (exact) mass is 385 g/mol. The zero-order valence-electron chi connectivity index (χ0n) is 14.3. The van der Waals surface area contributed by atoms with Gasteiger partial charge in [-0.1, -0.05) is 41.9 Å². The third-order valence-corrected chi connectivity index (χ3v) is 5.06. The van der Waals surface area contributed by atoms with Crippen molar-refractivity contribution >= 4 is 28.8 Å². The topological polar surface area (TPSA) is 38.3 Å². The van der Waals surface area contributed by atoms with E-state index in [1.165, 1.54) is 11.3 Å². The first-order chi connectivity index (χ1) is 12.7. The Morgan fingerprint density at radius 1 is 1.00 bits per heavy atom. The quantitative estimate of drug-likeness (QED) is 0.508. The molecule has 1 N–H and O–H groups in total. The number of unbranched alkanes of at least 4 members (excludes halogenated alkanes) is 1. The largest absolute Gasteiger partial charge is 0.494 e. The Bertz CT molecular complexity index is 831. The van der Waals surface area contributed by atoms with Gasteiger partial charge in [0.15, 0.2) is 0 Å². The Morgan fingerprint density at radius 2 is 1.77 bits per heavy atom. The van der Waals surface area contributed by atoms with E-state index < -0.39 is 0 Å². The summed E-state index contributed by atoms with van der Waals surface area (Å²) >= 11 is 7.31. The van der Waals surface area contributed by atoms with Crippen molar-refractivity contribution in [2.75, 3.05) is 13.2 Å². The van der Waals surface area contributed by atoms with Crippen molar-refractivity contribution in [1.82, 2.24) is 5.32 Å². The molecule has 0 atom stereocenters. The lowest BCUT2D eigenvalue weighted by Crippen LogP contribution is -2.24. The number of carbonyl (C=O) groups is 1. The van der Waals surface area contributed by atoms with Gasteiger partial charge in [-0.25, -0.2) is 0 Å². The summed E-state index contributed by atoms with van der Waals surface area (Å²) in [5, 5.41) is 5.65. The molecule has 0 spiro atoms. The number of amides is 1. The van der Waals surface area contributed by atoms with Gasteiger partial charge in [0.1, 0.15) is 5.75 Å². The second kappa shape index (κ2) is 9.41. The van der Waals surface area contributed by atoms with E-state index in [-0.39, 0.29) is 5.91 Å². The number of thiophene rings is 1. The van der Waals surface area contributed by atoms with E-state index in [4.69, 9.17) is 16.3 Å². The van der Waals surface area contributed by atoms with Gasteiger partial charge in [-0.05, 0) is 54.1 Å². The van der Waals surface area contributed by atoms with E-state index in [0.29, 0.717) is 18.2 Å². The van der Waals surface area contributed by atoms with Crippen LogP contribution in [0.3, 0.4) is 0 Å². The first kappa shape index (κ1) is 18.5. The molecule has 26 heavy (non-hydrogen) atoms. The van der Waals surface area contributed by atoms with Crippen LogP contribution in [0.4, 0.5) is 0 Å². The zero-order valence-corrected chi connectivity index (χ0v) is 15.9. The molecular weight excluding hydrogens is 366 g/mol. The van der Waals surface area contributed by atoms with Crippen LogP contribution in [0.1, 0.15) is 22.5 Å². The summed E-state index contributed by atoms with van der Waals surface area (Å²) in [5.74, 6) is 0.794. The molecule has 0 saturated carbocycles. The van der Waals surface area contributed by atoms with E-state index in [2.05, 4.69) is 5.32 Å². The number of benzene rings is 2. The van der Waals surface area contributed by atoms with E-state index >= 15 is 0 Å². The predicted octanol–water partition coefficient (Wildman–Crippen LogP) is 5.66. The average Bonchev–Trinajstić information content (AvgIpc) is 3.16. The minimum Gasteiger partial charge on any atom is -0.494 e. The molecule has 1 amide bonds. The molecule has 0 aliphatic rings. The van der Waals surface area contributed by atoms with E-state index in [1.54, 1.807) is 0 Å². The summed E-state index contributed by atoms with van der Waals surface area (Å²) in [4.78, 5) is 13.2. The molecule has 3 aromatic rings. The molecule has 0 aliphatic heterocycles. The molecule has 1 aromatic heterocycles. The Hall–Kier alpha value is -2.30. The van der Waals surface area contributed by atoms with Gasteiger partial charge in [-0.2, -0.15) is 0 Å². The number of carbonyl (C=O) groups excluding carboxylic acids is 1. The van der Waals surface area contributed by atoms with Crippen LogP contribution in [0.25, 0.3) is 11.1 Å². The van der Waals surface area contributed by atoms with Gasteiger partial charge < -0.3 is 10.1 Å². The van der Waals surface area contributed by atoms with Crippen molar-refractivity contribution in [3.05, 3.63) is 75.9 Å². The van der Waals surface area contributed by atoms with Crippen molar-refractivity contribution < 1.29 is 9.53 Å². The number of nitrogens with one attached hydrogen (secondary N) is 1. The molecule has 0 fully saturated rings. The second-order valence-electron chi connectivity index (χ2n) is 5.79. The van der Waals surface area contributed by atoms with Crippen molar-refractivity contribution in [3.8, 4) is 16.9 Å². The highest BCUT2D eigenvalue weighted by Gasteiger charge is 2.13. The fourth-order valence-corrected chi connectivity index (χ4v) is 3.52. The van der Waals surface area contributed by atoms with Gasteiger partial charge in [-0.15, -0.1) is 11.3 Å². The third-order valence-electron chi connectivity index (χ3n) is 3.90. The first-order valence-electron chi connectivity index (χ1n) is 8.53. The SMILES string of the molecule is O=C(NCCCCOc1ccc(Cl)cc1)c1sccc1-c1ccccc1. The molecule has 0 aliphatic carbocycles. The maximum absolute atomic E-state index is 12.4. The predicted molar refractivity (Wildman–Crippen MR) is 108 cm³/mol. The van der Waals surface area contributed by atoms with Crippen LogP contribution in [-0.4, -0.2) is 19.1 Å². The van der Waals surface area contributed by atoms with Gasteiger partial charge in [0.2, 0.25) is 0 Å². The molecule has 0 radical (unpaired) electrons.